The smallest absolute Gasteiger partial charge is 0.251 e. The Morgan fingerprint density at radius 1 is 0.485 bits per heavy atom. The molecule has 0 spiro atoms. The molecule has 7 aromatic rings. The van der Waals surface area contributed by atoms with Gasteiger partial charge in [-0.3, -0.25) is 29.1 Å². The van der Waals surface area contributed by atoms with Crippen LogP contribution in [0.3, 0.4) is 0 Å². The van der Waals surface area contributed by atoms with E-state index < -0.39 is 23.9 Å². The van der Waals surface area contributed by atoms with Gasteiger partial charge in [0, 0.05) is 47.4 Å². The number of carbonyl (C=O) groups excluding carboxylic acids is 4. The zero-order valence-electron chi connectivity index (χ0n) is 37.6. The van der Waals surface area contributed by atoms with Crippen LogP contribution >= 0.6 is 0 Å². The van der Waals surface area contributed by atoms with Crippen molar-refractivity contribution in [2.75, 3.05) is 13.1 Å². The lowest BCUT2D eigenvalue weighted by molar-refractivity contribution is -0.123. The maximum Gasteiger partial charge on any atom is 0.251 e. The average molecular weight is 883 g/mol. The van der Waals surface area contributed by atoms with Crippen LogP contribution in [-0.4, -0.2) is 58.8 Å². The number of nitrogens with two attached hydrogens (primary N) is 2. The minimum atomic E-state index is -0.810. The molecule has 2 heterocycles. The molecule has 66 heavy (non-hydrogen) atoms. The van der Waals surface area contributed by atoms with Gasteiger partial charge in [-0.05, 0) is 159 Å². The first-order chi connectivity index (χ1) is 32.1. The average Bonchev–Trinajstić information content (AvgIpc) is 3.35. The summed E-state index contributed by atoms with van der Waals surface area (Å²) in [7, 11) is 0. The quantitative estimate of drug-likeness (QED) is 0.0423. The third kappa shape index (κ3) is 12.1. The molecule has 8 N–H and O–H groups in total. The maximum atomic E-state index is 13.0. The molecule has 2 atom stereocenters. The predicted octanol–water partition coefficient (Wildman–Crippen LogP) is 7.55. The zero-order chi connectivity index (χ0) is 46.4. The molecule has 12 nitrogen and oxygen atoms in total. The number of aryl methyl sites for hydroxylation is 2. The third-order valence-corrected chi connectivity index (χ3v) is 11.9. The first-order valence-electron chi connectivity index (χ1n) is 22.7. The van der Waals surface area contributed by atoms with E-state index in [1.165, 1.54) is 35.4 Å². The lowest BCUT2D eigenvalue weighted by Gasteiger charge is -2.16. The van der Waals surface area contributed by atoms with Crippen LogP contribution in [0.5, 0.6) is 0 Å². The van der Waals surface area contributed by atoms with Crippen molar-refractivity contribution in [1.29, 1.82) is 0 Å². The summed E-state index contributed by atoms with van der Waals surface area (Å²) in [6, 6.07) is 37.2. The van der Waals surface area contributed by atoms with Crippen molar-refractivity contribution >= 4 is 45.4 Å². The largest absolute Gasteiger partial charge is 0.350 e. The highest BCUT2D eigenvalue weighted by atomic mass is 16.2. The van der Waals surface area contributed by atoms with Gasteiger partial charge in [0.25, 0.3) is 11.8 Å². The monoisotopic (exact) mass is 882 g/mol. The van der Waals surface area contributed by atoms with Gasteiger partial charge in [-0.1, -0.05) is 72.8 Å². The summed E-state index contributed by atoms with van der Waals surface area (Å²) < 4.78 is 0. The fourth-order valence-electron chi connectivity index (χ4n) is 7.91. The number of amides is 4. The van der Waals surface area contributed by atoms with Gasteiger partial charge in [0.05, 0.1) is 11.0 Å². The molecule has 0 saturated heterocycles. The molecule has 0 aliphatic carbocycles. The van der Waals surface area contributed by atoms with Gasteiger partial charge in [0.1, 0.15) is 12.1 Å². The molecule has 0 unspecified atom stereocenters. The molecule has 0 radical (unpaired) electrons. The summed E-state index contributed by atoms with van der Waals surface area (Å²) in [6.45, 7) is 5.20. The van der Waals surface area contributed by atoms with Crippen molar-refractivity contribution in [2.45, 2.75) is 77.5 Å². The Bertz CT molecular complexity index is 2600. The molecule has 0 fully saturated rings. The Morgan fingerprint density at radius 3 is 1.24 bits per heavy atom. The number of benzene rings is 5. The number of hydrogen-bond acceptors (Lipinski definition) is 8. The maximum absolute atomic E-state index is 13.0. The molecule has 2 aromatic heterocycles. The van der Waals surface area contributed by atoms with Gasteiger partial charge >= 0.3 is 0 Å². The van der Waals surface area contributed by atoms with Gasteiger partial charge in [-0.2, -0.15) is 0 Å². The number of hydrogen-bond donors (Lipinski definition) is 6. The van der Waals surface area contributed by atoms with Crippen LogP contribution in [0.1, 0.15) is 82.5 Å². The molecule has 0 aliphatic rings. The standard InChI is InChI=1S/C54H58N8O4/c1-35(51(63)59-33-37-9-13-39(14-10-37)45-21-23-47-41(7-3-5-27-55)25-29-57-49(47)31-45)61-53(65)43-17-19-44(20-18-43)54(66)62-36(2)52(64)60-34-38-11-15-40(16-12-38)46-22-24-48-42(8-4-6-28-56)26-30-58-50(48)32-46/h9-26,29-32,35-36H,3-8,27-28,33-34,55-56H2,1-2H3,(H,59,63)(H,60,64)(H,61,65)(H,62,66)/t35-,36-/m0/s1. The summed E-state index contributed by atoms with van der Waals surface area (Å²) >= 11 is 0. The highest BCUT2D eigenvalue weighted by Gasteiger charge is 2.19. The summed E-state index contributed by atoms with van der Waals surface area (Å²) in [6.07, 6.45) is 9.74. The summed E-state index contributed by atoms with van der Waals surface area (Å²) in [5, 5.41) is 13.5. The Balaban J connectivity index is 0.833. The molecule has 0 aliphatic heterocycles. The van der Waals surface area contributed by atoms with E-state index in [1.54, 1.807) is 13.8 Å². The van der Waals surface area contributed by atoms with E-state index in [9.17, 15) is 19.2 Å². The van der Waals surface area contributed by atoms with E-state index in [0.717, 1.165) is 93.7 Å². The van der Waals surface area contributed by atoms with Crippen molar-refractivity contribution in [1.82, 2.24) is 31.2 Å². The van der Waals surface area contributed by atoms with Crippen LogP contribution in [0.4, 0.5) is 0 Å². The normalized spacial score (nSPS) is 12.1. The second-order valence-corrected chi connectivity index (χ2v) is 16.7. The van der Waals surface area contributed by atoms with Crippen molar-refractivity contribution in [2.24, 2.45) is 11.5 Å². The van der Waals surface area contributed by atoms with Gasteiger partial charge in [-0.15, -0.1) is 0 Å². The fourth-order valence-corrected chi connectivity index (χ4v) is 7.91. The topological polar surface area (TPSA) is 194 Å². The fraction of sp³-hybridized carbons (Fsp3) is 0.259. The Labute approximate surface area is 386 Å². The van der Waals surface area contributed by atoms with Crippen molar-refractivity contribution < 1.29 is 19.2 Å². The molecule has 338 valence electrons. The Kier molecular flexibility index (Phi) is 16.0. The molecular formula is C54H58N8O4. The van der Waals surface area contributed by atoms with Crippen LogP contribution in [0, 0.1) is 0 Å². The molecule has 0 bridgehead atoms. The number of carbonyl (C=O) groups is 4. The van der Waals surface area contributed by atoms with Gasteiger partial charge in [0.2, 0.25) is 11.8 Å². The van der Waals surface area contributed by atoms with E-state index in [-0.39, 0.29) is 22.9 Å². The summed E-state index contributed by atoms with van der Waals surface area (Å²) in [4.78, 5) is 61.2. The van der Waals surface area contributed by atoms with Crippen LogP contribution < -0.4 is 32.7 Å². The van der Waals surface area contributed by atoms with E-state index in [4.69, 9.17) is 11.5 Å². The number of unbranched alkanes of at least 4 members (excludes halogenated alkanes) is 2. The Hall–Kier alpha value is -7.28. The van der Waals surface area contributed by atoms with Gasteiger partial charge in [-0.25, -0.2) is 0 Å². The van der Waals surface area contributed by atoms with Crippen LogP contribution in [0.25, 0.3) is 44.1 Å². The number of nitrogens with zero attached hydrogens (tertiary/aromatic N) is 2. The van der Waals surface area contributed by atoms with Crippen LogP contribution in [-0.2, 0) is 35.5 Å². The zero-order valence-corrected chi connectivity index (χ0v) is 37.6. The molecule has 12 heteroatoms. The minimum absolute atomic E-state index is 0.283. The lowest BCUT2D eigenvalue weighted by Crippen LogP contribution is -2.45. The number of fused-ring (bicyclic) bond motifs is 2. The molecule has 4 amide bonds. The highest BCUT2D eigenvalue weighted by Crippen LogP contribution is 2.28. The molecule has 5 aromatic carbocycles. The predicted molar refractivity (Wildman–Crippen MR) is 262 cm³/mol. The van der Waals surface area contributed by atoms with Crippen molar-refractivity contribution in [3.05, 3.63) is 167 Å². The number of nitrogens with one attached hydrogen (secondary N) is 4. The SMILES string of the molecule is C[C@H](NC(=O)c1ccc(C(=O)N[C@@H](C)C(=O)NCc2ccc(-c3ccc4c(CCCCN)ccnc4c3)cc2)cc1)C(=O)NCc1ccc(-c2ccc3c(CCCCN)ccnc3c2)cc1. The van der Waals surface area contributed by atoms with E-state index in [0.29, 0.717) is 26.2 Å². The lowest BCUT2D eigenvalue weighted by atomic mass is 9.99. The van der Waals surface area contributed by atoms with E-state index in [1.807, 2.05) is 60.9 Å². The molecule has 0 saturated carbocycles. The Morgan fingerprint density at radius 2 is 0.864 bits per heavy atom. The first-order valence-corrected chi connectivity index (χ1v) is 22.7. The van der Waals surface area contributed by atoms with Crippen molar-refractivity contribution in [3.8, 4) is 22.3 Å². The minimum Gasteiger partial charge on any atom is -0.350 e. The van der Waals surface area contributed by atoms with Crippen molar-refractivity contribution in [3.63, 3.8) is 0 Å². The van der Waals surface area contributed by atoms with E-state index in [2.05, 4.69) is 79.8 Å². The van der Waals surface area contributed by atoms with E-state index >= 15 is 0 Å². The number of rotatable bonds is 20. The second kappa shape index (κ2) is 22.6. The summed E-state index contributed by atoms with van der Waals surface area (Å²) in [5.41, 5.74) is 22.4. The third-order valence-electron chi connectivity index (χ3n) is 11.9. The molecule has 7 rings (SSSR count). The highest BCUT2D eigenvalue weighted by molar-refractivity contribution is 6.00. The number of pyridine rings is 2. The number of aromatic nitrogens is 2. The molecular weight excluding hydrogens is 825 g/mol. The first kappa shape index (κ1) is 46.7. The van der Waals surface area contributed by atoms with Gasteiger partial charge < -0.3 is 32.7 Å². The van der Waals surface area contributed by atoms with Crippen LogP contribution in [0.15, 0.2) is 134 Å². The van der Waals surface area contributed by atoms with Gasteiger partial charge in [0.15, 0.2) is 0 Å². The summed E-state index contributed by atoms with van der Waals surface area (Å²) in [5.74, 6) is -1.59. The van der Waals surface area contributed by atoms with Crippen LogP contribution in [0.2, 0.25) is 0 Å². The second-order valence-electron chi connectivity index (χ2n) is 16.7.